The smallest absolute Gasteiger partial charge is 0.326 e. The van der Waals surface area contributed by atoms with Gasteiger partial charge >= 0.3 is 11.9 Å². The van der Waals surface area contributed by atoms with Gasteiger partial charge in [0, 0.05) is 12.8 Å². The van der Waals surface area contributed by atoms with Gasteiger partial charge in [0.2, 0.25) is 5.91 Å². The maximum atomic E-state index is 11.8. The first-order chi connectivity index (χ1) is 15.0. The number of carboxylic acid groups (broad SMARTS) is 2. The van der Waals surface area contributed by atoms with Gasteiger partial charge in [-0.25, -0.2) is 4.79 Å². The van der Waals surface area contributed by atoms with Crippen LogP contribution in [0.15, 0.2) is 0 Å². The zero-order valence-corrected chi connectivity index (χ0v) is 19.8. The molecule has 3 N–H and O–H groups in total. The lowest BCUT2D eigenvalue weighted by Gasteiger charge is -2.13. The highest BCUT2D eigenvalue weighted by atomic mass is 16.4. The fourth-order valence-corrected chi connectivity index (χ4v) is 3.85. The maximum absolute atomic E-state index is 11.8. The molecule has 0 fully saturated rings. The molecule has 6 heteroatoms. The third-order valence-electron chi connectivity index (χ3n) is 5.76. The van der Waals surface area contributed by atoms with E-state index in [1.165, 1.54) is 70.6 Å². The average Bonchev–Trinajstić information content (AvgIpc) is 2.72. The predicted octanol–water partition coefficient (Wildman–Crippen LogP) is 6.46. The van der Waals surface area contributed by atoms with Crippen LogP contribution < -0.4 is 5.32 Å². The Balaban J connectivity index is 3.29. The first-order valence-corrected chi connectivity index (χ1v) is 12.7. The molecule has 0 bridgehead atoms. The highest BCUT2D eigenvalue weighted by Gasteiger charge is 2.18. The summed E-state index contributed by atoms with van der Waals surface area (Å²) < 4.78 is 0. The van der Waals surface area contributed by atoms with Crippen molar-refractivity contribution >= 4 is 17.8 Å². The second-order valence-corrected chi connectivity index (χ2v) is 8.80. The molecule has 0 heterocycles. The quantitative estimate of drug-likeness (QED) is 0.158. The molecule has 0 saturated carbocycles. The van der Waals surface area contributed by atoms with E-state index in [9.17, 15) is 14.4 Å². The summed E-state index contributed by atoms with van der Waals surface area (Å²) in [5.41, 5.74) is 0. The van der Waals surface area contributed by atoms with Crippen molar-refractivity contribution in [1.29, 1.82) is 0 Å². The van der Waals surface area contributed by atoms with E-state index in [1.807, 2.05) is 6.92 Å². The van der Waals surface area contributed by atoms with E-state index in [4.69, 9.17) is 10.2 Å². The number of carbonyl (C=O) groups excluding carboxylic acids is 1. The van der Waals surface area contributed by atoms with Crippen LogP contribution in [0.4, 0.5) is 0 Å². The van der Waals surface area contributed by atoms with Crippen LogP contribution in [-0.4, -0.2) is 34.1 Å². The summed E-state index contributed by atoms with van der Waals surface area (Å²) in [6.07, 6.45) is 20.9. The van der Waals surface area contributed by atoms with Crippen molar-refractivity contribution < 1.29 is 24.6 Å². The number of hydrogen-bond donors (Lipinski definition) is 3. The number of carboxylic acids is 2. The molecule has 0 aliphatic carbocycles. The van der Waals surface area contributed by atoms with Gasteiger partial charge in [-0.15, -0.1) is 0 Å². The molecule has 1 amide bonds. The monoisotopic (exact) mass is 441 g/mol. The lowest BCUT2D eigenvalue weighted by molar-refractivity contribution is -0.142. The van der Waals surface area contributed by atoms with Gasteiger partial charge in [-0.3, -0.25) is 9.59 Å². The van der Waals surface area contributed by atoms with Gasteiger partial charge in [0.25, 0.3) is 0 Å². The van der Waals surface area contributed by atoms with Crippen molar-refractivity contribution in [2.45, 2.75) is 141 Å². The second-order valence-electron chi connectivity index (χ2n) is 8.80. The molecular formula is C25H47NO5. The number of unbranched alkanes of at least 4 members (excludes halogenated alkanes) is 15. The third-order valence-corrected chi connectivity index (χ3v) is 5.76. The average molecular weight is 442 g/mol. The van der Waals surface area contributed by atoms with E-state index in [0.717, 1.165) is 38.5 Å². The SMILES string of the molecule is CCCC(NC(=O)CCCCCCCCCCCCCCCCCCC(=O)O)C(=O)O. The number of aliphatic carboxylic acids is 2. The van der Waals surface area contributed by atoms with Gasteiger partial charge in [-0.05, 0) is 19.3 Å². The molecule has 0 aliphatic heterocycles. The summed E-state index contributed by atoms with van der Waals surface area (Å²) in [5, 5.41) is 20.3. The van der Waals surface area contributed by atoms with Crippen LogP contribution in [0.1, 0.15) is 135 Å². The van der Waals surface area contributed by atoms with E-state index in [0.29, 0.717) is 19.3 Å². The molecule has 6 nitrogen and oxygen atoms in total. The molecule has 0 aromatic rings. The van der Waals surface area contributed by atoms with E-state index < -0.39 is 18.0 Å². The van der Waals surface area contributed by atoms with Gasteiger partial charge in [0.15, 0.2) is 0 Å². The fraction of sp³-hybridized carbons (Fsp3) is 0.880. The van der Waals surface area contributed by atoms with Crippen molar-refractivity contribution in [2.75, 3.05) is 0 Å². The van der Waals surface area contributed by atoms with Crippen LogP contribution in [0.2, 0.25) is 0 Å². The van der Waals surface area contributed by atoms with E-state index >= 15 is 0 Å². The van der Waals surface area contributed by atoms with E-state index in [2.05, 4.69) is 5.32 Å². The summed E-state index contributed by atoms with van der Waals surface area (Å²) in [7, 11) is 0. The summed E-state index contributed by atoms with van der Waals surface area (Å²) in [6, 6.07) is -0.743. The van der Waals surface area contributed by atoms with Gasteiger partial charge in [0.05, 0.1) is 0 Å². The molecule has 0 aromatic heterocycles. The Bertz CT molecular complexity index is 467. The van der Waals surface area contributed by atoms with Gasteiger partial charge in [-0.2, -0.15) is 0 Å². The van der Waals surface area contributed by atoms with Gasteiger partial charge in [0.1, 0.15) is 6.04 Å². The third kappa shape index (κ3) is 21.4. The molecule has 182 valence electrons. The summed E-state index contributed by atoms with van der Waals surface area (Å²) in [6.45, 7) is 1.92. The topological polar surface area (TPSA) is 104 Å². The Hall–Kier alpha value is -1.59. The predicted molar refractivity (Wildman–Crippen MR) is 125 cm³/mol. The number of amides is 1. The molecule has 0 saturated heterocycles. The minimum atomic E-state index is -0.944. The molecule has 31 heavy (non-hydrogen) atoms. The molecule has 0 aromatic carbocycles. The van der Waals surface area contributed by atoms with Crippen LogP contribution in [-0.2, 0) is 14.4 Å². The molecule has 0 rings (SSSR count). The zero-order chi connectivity index (χ0) is 23.2. The van der Waals surface area contributed by atoms with Crippen molar-refractivity contribution in [3.8, 4) is 0 Å². The van der Waals surface area contributed by atoms with Crippen molar-refractivity contribution in [1.82, 2.24) is 5.32 Å². The van der Waals surface area contributed by atoms with Crippen LogP contribution in [0.25, 0.3) is 0 Å². The highest BCUT2D eigenvalue weighted by molar-refractivity contribution is 5.83. The molecule has 1 atom stereocenters. The second kappa shape index (κ2) is 21.6. The lowest BCUT2D eigenvalue weighted by atomic mass is 10.0. The minimum absolute atomic E-state index is 0.140. The Labute approximate surface area is 189 Å². The van der Waals surface area contributed by atoms with Gasteiger partial charge < -0.3 is 15.5 Å². The first-order valence-electron chi connectivity index (χ1n) is 12.7. The molecule has 0 aliphatic rings. The van der Waals surface area contributed by atoms with Crippen LogP contribution in [0.3, 0.4) is 0 Å². The summed E-state index contributed by atoms with van der Waals surface area (Å²) in [4.78, 5) is 33.3. The lowest BCUT2D eigenvalue weighted by Crippen LogP contribution is -2.40. The molecular weight excluding hydrogens is 394 g/mol. The first kappa shape index (κ1) is 29.4. The Morgan fingerprint density at radius 3 is 1.29 bits per heavy atom. The standard InChI is InChI=1S/C25H47NO5/c1-2-19-22(25(30)31)26-23(27)20-17-15-13-11-9-7-5-3-4-6-8-10-12-14-16-18-21-24(28)29/h22H,2-21H2,1H3,(H,26,27)(H,28,29)(H,30,31). The normalized spacial score (nSPS) is 11.9. The Morgan fingerprint density at radius 2 is 0.968 bits per heavy atom. The van der Waals surface area contributed by atoms with Crippen LogP contribution in [0, 0.1) is 0 Å². The number of carbonyl (C=O) groups is 3. The highest BCUT2D eigenvalue weighted by Crippen LogP contribution is 2.14. The number of nitrogens with one attached hydrogen (secondary N) is 1. The van der Waals surface area contributed by atoms with Gasteiger partial charge in [-0.1, -0.05) is 103 Å². The Kier molecular flexibility index (Phi) is 20.5. The summed E-state index contributed by atoms with van der Waals surface area (Å²) >= 11 is 0. The molecule has 1 unspecified atom stereocenters. The van der Waals surface area contributed by atoms with Crippen molar-refractivity contribution in [3.05, 3.63) is 0 Å². The largest absolute Gasteiger partial charge is 0.481 e. The van der Waals surface area contributed by atoms with E-state index in [-0.39, 0.29) is 5.91 Å². The van der Waals surface area contributed by atoms with Crippen molar-refractivity contribution in [3.63, 3.8) is 0 Å². The number of rotatable bonds is 23. The minimum Gasteiger partial charge on any atom is -0.481 e. The van der Waals surface area contributed by atoms with Crippen molar-refractivity contribution in [2.24, 2.45) is 0 Å². The zero-order valence-electron chi connectivity index (χ0n) is 19.8. The molecule has 0 spiro atoms. The summed E-state index contributed by atoms with van der Waals surface area (Å²) in [5.74, 6) is -1.77. The maximum Gasteiger partial charge on any atom is 0.326 e. The van der Waals surface area contributed by atoms with E-state index in [1.54, 1.807) is 0 Å². The Morgan fingerprint density at radius 1 is 0.613 bits per heavy atom. The number of hydrogen-bond acceptors (Lipinski definition) is 3. The van der Waals surface area contributed by atoms with Crippen LogP contribution in [0.5, 0.6) is 0 Å². The molecule has 0 radical (unpaired) electrons. The van der Waals surface area contributed by atoms with Crippen LogP contribution >= 0.6 is 0 Å². The fourth-order valence-electron chi connectivity index (χ4n) is 3.85.